The van der Waals surface area contributed by atoms with Gasteiger partial charge >= 0.3 is 0 Å². The van der Waals surface area contributed by atoms with Gasteiger partial charge in [-0.15, -0.1) is 0 Å². The highest BCUT2D eigenvalue weighted by atomic mass is 16.1. The molecular weight excluding hydrogens is 390 g/mol. The minimum atomic E-state index is -0.203. The van der Waals surface area contributed by atoms with Crippen molar-refractivity contribution in [3.05, 3.63) is 42.2 Å². The van der Waals surface area contributed by atoms with Crippen molar-refractivity contribution >= 4 is 28.8 Å². The molecule has 8 heteroatoms. The Morgan fingerprint density at radius 3 is 2.48 bits per heavy atom. The molecule has 5 rings (SSSR count). The van der Waals surface area contributed by atoms with Crippen molar-refractivity contribution in [2.75, 3.05) is 10.6 Å². The van der Waals surface area contributed by atoms with Crippen LogP contribution < -0.4 is 16.4 Å². The number of amides is 1. The predicted octanol–water partition coefficient (Wildman–Crippen LogP) is 3.88. The molecule has 31 heavy (non-hydrogen) atoms. The Morgan fingerprint density at radius 2 is 1.74 bits per heavy atom. The molecular formula is C23H29N7O. The van der Waals surface area contributed by atoms with Crippen molar-refractivity contribution in [1.29, 1.82) is 0 Å². The summed E-state index contributed by atoms with van der Waals surface area (Å²) in [6.07, 6.45) is 10.5. The second-order valence-corrected chi connectivity index (χ2v) is 8.73. The number of rotatable bonds is 5. The van der Waals surface area contributed by atoms with E-state index in [0.29, 0.717) is 28.9 Å². The van der Waals surface area contributed by atoms with Gasteiger partial charge in [-0.2, -0.15) is 9.97 Å². The van der Waals surface area contributed by atoms with Crippen molar-refractivity contribution in [1.82, 2.24) is 19.5 Å². The number of aromatic nitrogens is 4. The molecule has 8 nitrogen and oxygen atoms in total. The Balaban J connectivity index is 1.48. The molecule has 2 fully saturated rings. The van der Waals surface area contributed by atoms with E-state index in [9.17, 15) is 4.79 Å². The van der Waals surface area contributed by atoms with Crippen LogP contribution in [0.4, 0.5) is 11.8 Å². The van der Waals surface area contributed by atoms with Crippen LogP contribution in [0.2, 0.25) is 0 Å². The first-order chi connectivity index (χ1) is 15.2. The van der Waals surface area contributed by atoms with Crippen molar-refractivity contribution in [3.8, 4) is 0 Å². The van der Waals surface area contributed by atoms with E-state index in [1.807, 2.05) is 24.5 Å². The Bertz CT molecular complexity index is 1050. The van der Waals surface area contributed by atoms with E-state index in [1.54, 1.807) is 12.1 Å². The van der Waals surface area contributed by atoms with Crippen molar-refractivity contribution < 1.29 is 4.79 Å². The largest absolute Gasteiger partial charge is 0.351 e. The number of nitrogens with one attached hydrogen (secondary N) is 2. The zero-order valence-electron chi connectivity index (χ0n) is 17.6. The number of carbonyl (C=O) groups excluding carboxylic acids is 1. The minimum Gasteiger partial charge on any atom is -0.351 e. The monoisotopic (exact) mass is 419 g/mol. The first-order valence-corrected chi connectivity index (χ1v) is 11.3. The van der Waals surface area contributed by atoms with E-state index in [2.05, 4.69) is 25.2 Å². The van der Waals surface area contributed by atoms with E-state index >= 15 is 0 Å². The zero-order chi connectivity index (χ0) is 21.2. The molecule has 3 aromatic rings. The van der Waals surface area contributed by atoms with Crippen LogP contribution >= 0.6 is 0 Å². The standard InChI is InChI=1S/C23H29N7O/c24-16-10-12-17(13-11-16)26-23-28-20(27-22(31)15-6-2-1-3-7-15)19-21(29-23)30(14-25-19)18-8-4-5-9-18/h1-3,6-7,14,16-18H,4-5,8-13,24H2,(H2,26,27,28,29,31)/t16-,17-. The smallest absolute Gasteiger partial charge is 0.256 e. The first kappa shape index (κ1) is 19.9. The maximum absolute atomic E-state index is 12.8. The van der Waals surface area contributed by atoms with Gasteiger partial charge in [0.05, 0.1) is 6.33 Å². The Morgan fingerprint density at radius 1 is 1.00 bits per heavy atom. The molecule has 0 bridgehead atoms. The van der Waals surface area contributed by atoms with E-state index in [0.717, 1.165) is 44.2 Å². The summed E-state index contributed by atoms with van der Waals surface area (Å²) in [5, 5.41) is 6.45. The fourth-order valence-corrected chi connectivity index (χ4v) is 4.73. The van der Waals surface area contributed by atoms with Gasteiger partial charge in [0.1, 0.15) is 0 Å². The average molecular weight is 420 g/mol. The Kier molecular flexibility index (Phi) is 5.55. The number of hydrogen-bond acceptors (Lipinski definition) is 6. The number of hydrogen-bond donors (Lipinski definition) is 3. The lowest BCUT2D eigenvalue weighted by atomic mass is 9.92. The van der Waals surface area contributed by atoms with Crippen LogP contribution in [0.25, 0.3) is 11.2 Å². The Hall–Kier alpha value is -3.00. The van der Waals surface area contributed by atoms with Gasteiger partial charge in [-0.25, -0.2) is 4.98 Å². The number of benzene rings is 1. The minimum absolute atomic E-state index is 0.203. The summed E-state index contributed by atoms with van der Waals surface area (Å²) in [7, 11) is 0. The quantitative estimate of drug-likeness (QED) is 0.579. The number of nitrogens with zero attached hydrogens (tertiary/aromatic N) is 4. The number of imidazole rings is 1. The van der Waals surface area contributed by atoms with E-state index < -0.39 is 0 Å². The van der Waals surface area contributed by atoms with Crippen LogP contribution in [0.3, 0.4) is 0 Å². The summed E-state index contributed by atoms with van der Waals surface area (Å²) in [4.78, 5) is 26.9. The second kappa shape index (κ2) is 8.63. The highest BCUT2D eigenvalue weighted by molar-refractivity contribution is 6.06. The molecule has 0 unspecified atom stereocenters. The third kappa shape index (κ3) is 4.25. The summed E-state index contributed by atoms with van der Waals surface area (Å²) in [6.45, 7) is 0. The molecule has 2 aromatic heterocycles. The zero-order valence-corrected chi connectivity index (χ0v) is 17.6. The molecule has 4 N–H and O–H groups in total. The third-order valence-corrected chi connectivity index (χ3v) is 6.51. The van der Waals surface area contributed by atoms with Gasteiger partial charge in [-0.1, -0.05) is 31.0 Å². The summed E-state index contributed by atoms with van der Waals surface area (Å²) in [6, 6.07) is 10.1. The fraction of sp³-hybridized carbons (Fsp3) is 0.478. The lowest BCUT2D eigenvalue weighted by Gasteiger charge is -2.27. The van der Waals surface area contributed by atoms with Gasteiger partial charge in [-0.05, 0) is 50.7 Å². The van der Waals surface area contributed by atoms with Crippen LogP contribution in [-0.2, 0) is 0 Å². The molecule has 2 saturated carbocycles. The van der Waals surface area contributed by atoms with Gasteiger partial charge in [-0.3, -0.25) is 4.79 Å². The number of carbonyl (C=O) groups is 1. The molecule has 0 radical (unpaired) electrons. The summed E-state index contributed by atoms with van der Waals surface area (Å²) in [5.74, 6) is 0.785. The summed E-state index contributed by atoms with van der Waals surface area (Å²) < 4.78 is 2.16. The maximum atomic E-state index is 12.8. The van der Waals surface area contributed by atoms with Gasteiger partial charge in [0.2, 0.25) is 5.95 Å². The molecule has 1 amide bonds. The SMILES string of the molecule is N[C@H]1CC[C@H](Nc2nc(NC(=O)c3ccccc3)c3ncn(C4CCCC4)c3n2)CC1. The van der Waals surface area contributed by atoms with Crippen molar-refractivity contribution in [2.45, 2.75) is 69.5 Å². The van der Waals surface area contributed by atoms with E-state index in [1.165, 1.54) is 12.8 Å². The maximum Gasteiger partial charge on any atom is 0.256 e. The highest BCUT2D eigenvalue weighted by Crippen LogP contribution is 2.33. The van der Waals surface area contributed by atoms with Crippen LogP contribution in [0.1, 0.15) is 67.8 Å². The molecule has 0 spiro atoms. The van der Waals surface area contributed by atoms with Crippen molar-refractivity contribution in [2.24, 2.45) is 5.73 Å². The third-order valence-electron chi connectivity index (χ3n) is 6.51. The summed E-state index contributed by atoms with van der Waals surface area (Å²) >= 11 is 0. The lowest BCUT2D eigenvalue weighted by Crippen LogP contribution is -2.33. The second-order valence-electron chi connectivity index (χ2n) is 8.73. The van der Waals surface area contributed by atoms with E-state index in [4.69, 9.17) is 10.7 Å². The molecule has 2 aliphatic carbocycles. The van der Waals surface area contributed by atoms with Crippen LogP contribution in [-0.4, -0.2) is 37.5 Å². The fourth-order valence-electron chi connectivity index (χ4n) is 4.73. The number of nitrogens with two attached hydrogens (primary N) is 1. The molecule has 2 aliphatic rings. The van der Waals surface area contributed by atoms with Crippen LogP contribution in [0, 0.1) is 0 Å². The number of anilines is 2. The average Bonchev–Trinajstić information content (AvgIpc) is 3.46. The molecule has 0 aliphatic heterocycles. The molecule has 2 heterocycles. The van der Waals surface area contributed by atoms with Gasteiger partial charge in [0.15, 0.2) is 17.0 Å². The van der Waals surface area contributed by atoms with Crippen LogP contribution in [0.15, 0.2) is 36.7 Å². The normalized spacial score (nSPS) is 22.0. The summed E-state index contributed by atoms with van der Waals surface area (Å²) in [5.41, 5.74) is 8.05. The van der Waals surface area contributed by atoms with E-state index in [-0.39, 0.29) is 18.0 Å². The first-order valence-electron chi connectivity index (χ1n) is 11.3. The molecule has 0 atom stereocenters. The predicted molar refractivity (Wildman–Crippen MR) is 121 cm³/mol. The molecule has 0 saturated heterocycles. The van der Waals surface area contributed by atoms with Gasteiger partial charge in [0, 0.05) is 23.7 Å². The van der Waals surface area contributed by atoms with Gasteiger partial charge in [0.25, 0.3) is 5.91 Å². The van der Waals surface area contributed by atoms with Gasteiger partial charge < -0.3 is 20.9 Å². The topological polar surface area (TPSA) is 111 Å². The molecule has 162 valence electrons. The van der Waals surface area contributed by atoms with Crippen LogP contribution in [0.5, 0.6) is 0 Å². The highest BCUT2D eigenvalue weighted by Gasteiger charge is 2.24. The Labute approximate surface area is 181 Å². The number of fused-ring (bicyclic) bond motifs is 1. The molecule has 1 aromatic carbocycles. The van der Waals surface area contributed by atoms with Crippen molar-refractivity contribution in [3.63, 3.8) is 0 Å². The lowest BCUT2D eigenvalue weighted by molar-refractivity contribution is 0.102.